The van der Waals surface area contributed by atoms with Crippen molar-refractivity contribution in [3.63, 3.8) is 0 Å². The summed E-state index contributed by atoms with van der Waals surface area (Å²) in [6.07, 6.45) is 0. The molecule has 0 amide bonds. The van der Waals surface area contributed by atoms with E-state index in [9.17, 15) is 23.1 Å². The summed E-state index contributed by atoms with van der Waals surface area (Å²) in [6.45, 7) is 5.29. The fourth-order valence-electron chi connectivity index (χ4n) is 2.80. The van der Waals surface area contributed by atoms with Crippen LogP contribution in [0.25, 0.3) is 0 Å². The average Bonchev–Trinajstić information content (AvgIpc) is 2.90. The highest BCUT2D eigenvalue weighted by molar-refractivity contribution is 7.89. The summed E-state index contributed by atoms with van der Waals surface area (Å²) < 4.78 is 31.8. The van der Waals surface area contributed by atoms with Gasteiger partial charge in [0.15, 0.2) is 0 Å². The molecular weight excluding hydrogens is 334 g/mol. The lowest BCUT2D eigenvalue weighted by Crippen LogP contribution is -2.30. The summed E-state index contributed by atoms with van der Waals surface area (Å²) in [4.78, 5) is 23.1. The number of hydrogen-bond acceptors (Lipinski definition) is 5. The van der Waals surface area contributed by atoms with Crippen molar-refractivity contribution >= 4 is 22.0 Å². The molecule has 0 aromatic heterocycles. The minimum Gasteiger partial charge on any atom is -0.481 e. The summed E-state index contributed by atoms with van der Waals surface area (Å²) in [5.74, 6) is -2.59. The SMILES string of the molecule is CCOC(=O)c1ccc(C)c(S(=O)(=O)N2C[C@@H](C)[C@H](C(=O)O)C2)c1. The molecule has 2 rings (SSSR count). The van der Waals surface area contributed by atoms with E-state index in [2.05, 4.69) is 0 Å². The number of carbonyl (C=O) groups is 2. The fraction of sp³-hybridized carbons (Fsp3) is 0.500. The molecule has 0 radical (unpaired) electrons. The van der Waals surface area contributed by atoms with Gasteiger partial charge in [-0.15, -0.1) is 0 Å². The van der Waals surface area contributed by atoms with Crippen LogP contribution in [-0.2, 0) is 19.6 Å². The van der Waals surface area contributed by atoms with E-state index in [1.165, 1.54) is 16.4 Å². The molecule has 2 atom stereocenters. The number of carboxylic acids is 1. The number of aryl methyl sites for hydroxylation is 1. The first-order chi connectivity index (χ1) is 11.2. The van der Waals surface area contributed by atoms with Crippen LogP contribution in [0.3, 0.4) is 0 Å². The Balaban J connectivity index is 2.38. The Morgan fingerprint density at radius 2 is 2.00 bits per heavy atom. The minimum atomic E-state index is -3.88. The van der Waals surface area contributed by atoms with Crippen LogP contribution in [0.15, 0.2) is 23.1 Å². The Hall–Kier alpha value is -1.93. The van der Waals surface area contributed by atoms with E-state index in [0.29, 0.717) is 5.56 Å². The van der Waals surface area contributed by atoms with Crippen molar-refractivity contribution in [2.75, 3.05) is 19.7 Å². The van der Waals surface area contributed by atoms with E-state index < -0.39 is 27.9 Å². The van der Waals surface area contributed by atoms with E-state index in [4.69, 9.17) is 4.74 Å². The number of rotatable bonds is 5. The van der Waals surface area contributed by atoms with Crippen molar-refractivity contribution in [1.82, 2.24) is 4.31 Å². The molecule has 1 aliphatic rings. The maximum absolute atomic E-state index is 12.9. The summed E-state index contributed by atoms with van der Waals surface area (Å²) in [6, 6.07) is 4.35. The highest BCUT2D eigenvalue weighted by Gasteiger charge is 2.41. The molecule has 1 heterocycles. The van der Waals surface area contributed by atoms with Gasteiger partial charge in [0.25, 0.3) is 0 Å². The van der Waals surface area contributed by atoms with Gasteiger partial charge < -0.3 is 9.84 Å². The Morgan fingerprint density at radius 3 is 2.54 bits per heavy atom. The Labute approximate surface area is 141 Å². The maximum atomic E-state index is 12.9. The largest absolute Gasteiger partial charge is 0.481 e. The van der Waals surface area contributed by atoms with Crippen LogP contribution in [0.4, 0.5) is 0 Å². The van der Waals surface area contributed by atoms with Crippen molar-refractivity contribution < 1.29 is 27.9 Å². The Bertz CT molecular complexity index is 758. The summed E-state index contributed by atoms with van der Waals surface area (Å²) in [7, 11) is -3.88. The summed E-state index contributed by atoms with van der Waals surface area (Å²) in [5.41, 5.74) is 0.650. The molecule has 24 heavy (non-hydrogen) atoms. The van der Waals surface area contributed by atoms with Gasteiger partial charge in [-0.3, -0.25) is 4.79 Å². The molecule has 8 heteroatoms. The van der Waals surface area contributed by atoms with E-state index >= 15 is 0 Å². The zero-order valence-electron chi connectivity index (χ0n) is 13.9. The van der Waals surface area contributed by atoms with Crippen molar-refractivity contribution in [3.8, 4) is 0 Å². The third kappa shape index (κ3) is 3.44. The number of ether oxygens (including phenoxy) is 1. The normalized spacial score (nSPS) is 21.6. The van der Waals surface area contributed by atoms with Crippen LogP contribution in [0, 0.1) is 18.8 Å². The molecule has 0 unspecified atom stereocenters. The van der Waals surface area contributed by atoms with Crippen LogP contribution < -0.4 is 0 Å². The summed E-state index contributed by atoms with van der Waals surface area (Å²) in [5, 5.41) is 9.19. The lowest BCUT2D eigenvalue weighted by atomic mass is 9.99. The molecule has 1 fully saturated rings. The lowest BCUT2D eigenvalue weighted by molar-refractivity contribution is -0.142. The smallest absolute Gasteiger partial charge is 0.338 e. The molecule has 0 aliphatic carbocycles. The molecule has 1 aliphatic heterocycles. The number of esters is 1. The van der Waals surface area contributed by atoms with Crippen molar-refractivity contribution in [1.29, 1.82) is 0 Å². The third-order valence-electron chi connectivity index (χ3n) is 4.21. The molecule has 7 nitrogen and oxygen atoms in total. The van der Waals surface area contributed by atoms with Gasteiger partial charge in [-0.05, 0) is 37.5 Å². The standard InChI is InChI=1S/C16H21NO6S/c1-4-23-16(20)12-6-5-10(2)14(7-12)24(21,22)17-8-11(3)13(9-17)15(18)19/h5-7,11,13H,4,8-9H2,1-3H3,(H,18,19)/t11-,13-/m1/s1. The van der Waals surface area contributed by atoms with Crippen LogP contribution in [0.1, 0.15) is 29.8 Å². The van der Waals surface area contributed by atoms with E-state index in [1.807, 2.05) is 0 Å². The molecule has 1 saturated heterocycles. The fourth-order valence-corrected chi connectivity index (χ4v) is 4.62. The van der Waals surface area contributed by atoms with Crippen molar-refractivity contribution in [2.45, 2.75) is 25.7 Å². The Kier molecular flexibility index (Phi) is 5.29. The molecule has 0 spiro atoms. The topological polar surface area (TPSA) is 101 Å². The second kappa shape index (κ2) is 6.90. The molecule has 1 N–H and O–H groups in total. The molecule has 132 valence electrons. The van der Waals surface area contributed by atoms with Gasteiger partial charge in [0.1, 0.15) is 0 Å². The van der Waals surface area contributed by atoms with Gasteiger partial charge in [0, 0.05) is 13.1 Å². The van der Waals surface area contributed by atoms with Gasteiger partial charge in [0.2, 0.25) is 10.0 Å². The number of carboxylic acid groups (broad SMARTS) is 1. The first kappa shape index (κ1) is 18.4. The zero-order chi connectivity index (χ0) is 18.1. The monoisotopic (exact) mass is 355 g/mol. The van der Waals surface area contributed by atoms with E-state index in [-0.39, 0.29) is 36.1 Å². The Morgan fingerprint density at radius 1 is 1.33 bits per heavy atom. The molecule has 1 aromatic rings. The minimum absolute atomic E-state index is 0.00583. The van der Waals surface area contributed by atoms with Crippen LogP contribution in [0.2, 0.25) is 0 Å². The highest BCUT2D eigenvalue weighted by atomic mass is 32.2. The van der Waals surface area contributed by atoms with Gasteiger partial charge >= 0.3 is 11.9 Å². The molecule has 0 saturated carbocycles. The van der Waals surface area contributed by atoms with Gasteiger partial charge in [0.05, 0.1) is 23.0 Å². The quantitative estimate of drug-likeness (QED) is 0.804. The number of carbonyl (C=O) groups excluding carboxylic acids is 1. The molecule has 1 aromatic carbocycles. The third-order valence-corrected chi connectivity index (χ3v) is 6.19. The second-order valence-electron chi connectivity index (χ2n) is 5.94. The average molecular weight is 355 g/mol. The van der Waals surface area contributed by atoms with Crippen LogP contribution in [0.5, 0.6) is 0 Å². The second-order valence-corrected chi connectivity index (χ2v) is 7.85. The molecular formula is C16H21NO6S. The number of hydrogen-bond donors (Lipinski definition) is 1. The number of benzene rings is 1. The van der Waals surface area contributed by atoms with Gasteiger partial charge in [-0.2, -0.15) is 4.31 Å². The van der Waals surface area contributed by atoms with E-state index in [1.54, 1.807) is 26.8 Å². The summed E-state index contributed by atoms with van der Waals surface area (Å²) >= 11 is 0. The first-order valence-corrected chi connectivity index (χ1v) is 9.13. The lowest BCUT2D eigenvalue weighted by Gasteiger charge is -2.18. The number of nitrogens with zero attached hydrogens (tertiary/aromatic N) is 1. The highest BCUT2D eigenvalue weighted by Crippen LogP contribution is 2.30. The maximum Gasteiger partial charge on any atom is 0.338 e. The number of aliphatic carboxylic acids is 1. The van der Waals surface area contributed by atoms with Crippen molar-refractivity contribution in [2.24, 2.45) is 11.8 Å². The van der Waals surface area contributed by atoms with Crippen LogP contribution >= 0.6 is 0 Å². The van der Waals surface area contributed by atoms with Gasteiger partial charge in [-0.25, -0.2) is 13.2 Å². The van der Waals surface area contributed by atoms with E-state index in [0.717, 1.165) is 0 Å². The van der Waals surface area contributed by atoms with Gasteiger partial charge in [-0.1, -0.05) is 13.0 Å². The molecule has 0 bridgehead atoms. The number of sulfonamides is 1. The zero-order valence-corrected chi connectivity index (χ0v) is 14.7. The first-order valence-electron chi connectivity index (χ1n) is 7.69. The predicted molar refractivity (Wildman–Crippen MR) is 86.2 cm³/mol. The predicted octanol–water partition coefficient (Wildman–Crippen LogP) is 1.51. The van der Waals surface area contributed by atoms with Crippen molar-refractivity contribution in [3.05, 3.63) is 29.3 Å². The van der Waals surface area contributed by atoms with Crippen LogP contribution in [-0.4, -0.2) is 49.5 Å².